The summed E-state index contributed by atoms with van der Waals surface area (Å²) in [5.74, 6) is 1.29. The first-order chi connectivity index (χ1) is 17.3. The van der Waals surface area contributed by atoms with Crippen molar-refractivity contribution in [3.05, 3.63) is 107 Å². The number of nitrogens with one attached hydrogen (secondary N) is 1. The maximum Gasteiger partial charge on any atom is 0.243 e. The van der Waals surface area contributed by atoms with Gasteiger partial charge in [0.15, 0.2) is 0 Å². The van der Waals surface area contributed by atoms with Gasteiger partial charge in [-0.25, -0.2) is 0 Å². The summed E-state index contributed by atoms with van der Waals surface area (Å²) in [6.07, 6.45) is 0.477. The number of thioether (sulfide) groups is 1. The minimum absolute atomic E-state index is 0.0192. The Morgan fingerprint density at radius 1 is 0.833 bits per heavy atom. The van der Waals surface area contributed by atoms with Crippen molar-refractivity contribution in [3.8, 4) is 0 Å². The van der Waals surface area contributed by atoms with Gasteiger partial charge in [-0.2, -0.15) is 0 Å². The summed E-state index contributed by atoms with van der Waals surface area (Å²) < 4.78 is 0. The summed E-state index contributed by atoms with van der Waals surface area (Å²) >= 11 is 1.59. The summed E-state index contributed by atoms with van der Waals surface area (Å²) in [6, 6.07) is 25.9. The van der Waals surface area contributed by atoms with Crippen molar-refractivity contribution in [2.75, 3.05) is 12.3 Å². The van der Waals surface area contributed by atoms with Crippen LogP contribution in [0.1, 0.15) is 41.7 Å². The van der Waals surface area contributed by atoms with Crippen molar-refractivity contribution >= 4 is 23.6 Å². The molecule has 0 saturated heterocycles. The first-order valence-corrected chi connectivity index (χ1v) is 13.8. The molecule has 0 saturated carbocycles. The zero-order valence-corrected chi connectivity index (χ0v) is 22.7. The minimum Gasteiger partial charge on any atom is -0.354 e. The smallest absolute Gasteiger partial charge is 0.243 e. The molecule has 0 radical (unpaired) electrons. The van der Waals surface area contributed by atoms with Gasteiger partial charge in [0.2, 0.25) is 11.8 Å². The van der Waals surface area contributed by atoms with E-state index in [4.69, 9.17) is 0 Å². The maximum atomic E-state index is 13.7. The predicted octanol–water partition coefficient (Wildman–Crippen LogP) is 5.95. The Morgan fingerprint density at radius 3 is 2.19 bits per heavy atom. The number of carbonyl (C=O) groups is 2. The van der Waals surface area contributed by atoms with Crippen LogP contribution in [0.5, 0.6) is 0 Å². The lowest BCUT2D eigenvalue weighted by molar-refractivity contribution is -0.139. The van der Waals surface area contributed by atoms with Gasteiger partial charge in [-0.3, -0.25) is 9.59 Å². The fourth-order valence-corrected chi connectivity index (χ4v) is 4.88. The van der Waals surface area contributed by atoms with Crippen molar-refractivity contribution in [3.63, 3.8) is 0 Å². The van der Waals surface area contributed by atoms with Crippen LogP contribution in [0.3, 0.4) is 0 Å². The summed E-state index contributed by atoms with van der Waals surface area (Å²) in [4.78, 5) is 28.9. The molecule has 4 nitrogen and oxygen atoms in total. The maximum absolute atomic E-state index is 13.7. The average Bonchev–Trinajstić information content (AvgIpc) is 2.86. The summed E-state index contributed by atoms with van der Waals surface area (Å²) in [6.45, 7) is 9.25. The topological polar surface area (TPSA) is 49.4 Å². The largest absolute Gasteiger partial charge is 0.354 e. The lowest BCUT2D eigenvalue weighted by Gasteiger charge is -2.32. The second kappa shape index (κ2) is 13.9. The van der Waals surface area contributed by atoms with Gasteiger partial charge in [-0.1, -0.05) is 104 Å². The SMILES string of the molecule is Cc1ccc(CSCC(=O)N(Cc2cccc(C)c2)[C@@H](Cc2ccccc2)C(=O)NCC(C)C)cc1. The second-order valence-corrected chi connectivity index (χ2v) is 10.8. The lowest BCUT2D eigenvalue weighted by Crippen LogP contribution is -2.51. The molecule has 0 fully saturated rings. The van der Waals surface area contributed by atoms with Crippen molar-refractivity contribution in [1.82, 2.24) is 10.2 Å². The fraction of sp³-hybridized carbons (Fsp3) is 0.355. The molecular weight excluding hydrogens is 464 g/mol. The Morgan fingerprint density at radius 2 is 1.53 bits per heavy atom. The van der Waals surface area contributed by atoms with Crippen LogP contribution in [-0.4, -0.2) is 35.1 Å². The molecule has 1 atom stereocenters. The molecule has 36 heavy (non-hydrogen) atoms. The zero-order chi connectivity index (χ0) is 25.9. The molecule has 0 unspecified atom stereocenters. The Hall–Kier alpha value is -3.05. The Kier molecular flexibility index (Phi) is 10.6. The summed E-state index contributed by atoms with van der Waals surface area (Å²) in [5, 5.41) is 3.08. The Balaban J connectivity index is 1.83. The highest BCUT2D eigenvalue weighted by molar-refractivity contribution is 7.99. The molecular formula is C31H38N2O2S. The highest BCUT2D eigenvalue weighted by Gasteiger charge is 2.30. The number of carbonyl (C=O) groups excluding carboxylic acids is 2. The van der Waals surface area contributed by atoms with Crippen molar-refractivity contribution in [1.29, 1.82) is 0 Å². The van der Waals surface area contributed by atoms with Crippen LogP contribution in [0.4, 0.5) is 0 Å². The van der Waals surface area contributed by atoms with Crippen molar-refractivity contribution in [2.24, 2.45) is 5.92 Å². The van der Waals surface area contributed by atoms with E-state index in [-0.39, 0.29) is 11.8 Å². The molecule has 1 N–H and O–H groups in total. The number of benzene rings is 3. The minimum atomic E-state index is -0.584. The van der Waals surface area contributed by atoms with Crippen molar-refractivity contribution < 1.29 is 9.59 Å². The molecule has 0 heterocycles. The zero-order valence-electron chi connectivity index (χ0n) is 21.9. The van der Waals surface area contributed by atoms with Gasteiger partial charge in [-0.15, -0.1) is 11.8 Å². The van der Waals surface area contributed by atoms with Gasteiger partial charge in [0.25, 0.3) is 0 Å². The number of hydrogen-bond donors (Lipinski definition) is 1. The van der Waals surface area contributed by atoms with Gasteiger partial charge in [0.05, 0.1) is 5.75 Å². The molecule has 190 valence electrons. The monoisotopic (exact) mass is 502 g/mol. The highest BCUT2D eigenvalue weighted by Crippen LogP contribution is 2.19. The van der Waals surface area contributed by atoms with E-state index in [1.165, 1.54) is 11.1 Å². The molecule has 0 aliphatic heterocycles. The van der Waals surface area contributed by atoms with Gasteiger partial charge < -0.3 is 10.2 Å². The third-order valence-corrected chi connectivity index (χ3v) is 6.99. The molecule has 3 rings (SSSR count). The third kappa shape index (κ3) is 8.87. The van der Waals surface area contributed by atoms with Crippen LogP contribution in [-0.2, 0) is 28.3 Å². The predicted molar refractivity (Wildman–Crippen MR) is 151 cm³/mol. The van der Waals surface area contributed by atoms with E-state index in [1.54, 1.807) is 16.7 Å². The van der Waals surface area contributed by atoms with Gasteiger partial charge >= 0.3 is 0 Å². The molecule has 0 aliphatic rings. The van der Waals surface area contributed by atoms with E-state index in [1.807, 2.05) is 55.5 Å². The van der Waals surface area contributed by atoms with Crippen LogP contribution in [0.25, 0.3) is 0 Å². The van der Waals surface area contributed by atoms with Crippen LogP contribution in [0, 0.1) is 19.8 Å². The Labute approximate surface area is 220 Å². The number of rotatable bonds is 12. The summed E-state index contributed by atoms with van der Waals surface area (Å²) in [7, 11) is 0. The van der Waals surface area contributed by atoms with Crippen LogP contribution >= 0.6 is 11.8 Å². The Bertz CT molecular complexity index is 1110. The number of nitrogens with zero attached hydrogens (tertiary/aromatic N) is 1. The van der Waals surface area contributed by atoms with E-state index in [0.29, 0.717) is 31.2 Å². The molecule has 3 aromatic rings. The van der Waals surface area contributed by atoms with E-state index in [9.17, 15) is 9.59 Å². The van der Waals surface area contributed by atoms with E-state index < -0.39 is 6.04 Å². The van der Waals surface area contributed by atoms with Crippen LogP contribution < -0.4 is 5.32 Å². The fourth-order valence-electron chi connectivity index (χ4n) is 4.01. The number of aryl methyl sites for hydroxylation is 2. The first kappa shape index (κ1) is 27.5. The lowest BCUT2D eigenvalue weighted by atomic mass is 10.0. The van der Waals surface area contributed by atoms with Crippen LogP contribution in [0.2, 0.25) is 0 Å². The normalized spacial score (nSPS) is 11.8. The first-order valence-electron chi connectivity index (χ1n) is 12.6. The van der Waals surface area contributed by atoms with E-state index >= 15 is 0 Å². The van der Waals surface area contributed by atoms with Gasteiger partial charge in [0.1, 0.15) is 6.04 Å². The van der Waals surface area contributed by atoms with Crippen LogP contribution in [0.15, 0.2) is 78.9 Å². The van der Waals surface area contributed by atoms with E-state index in [0.717, 1.165) is 22.4 Å². The highest BCUT2D eigenvalue weighted by atomic mass is 32.2. The van der Waals surface area contributed by atoms with Gasteiger partial charge in [0, 0.05) is 25.3 Å². The standard InChI is InChI=1S/C31H38N2O2S/c1-23(2)19-32-31(35)29(18-26-10-6-5-7-11-26)33(20-28-12-8-9-25(4)17-28)30(34)22-36-21-27-15-13-24(3)14-16-27/h5-17,23,29H,18-22H2,1-4H3,(H,32,35)/t29-/m0/s1. The summed E-state index contributed by atoms with van der Waals surface area (Å²) in [5.41, 5.74) is 5.62. The molecule has 5 heteroatoms. The molecule has 3 aromatic carbocycles. The third-order valence-electron chi connectivity index (χ3n) is 6.01. The second-order valence-electron chi connectivity index (χ2n) is 9.83. The number of amides is 2. The molecule has 0 aliphatic carbocycles. The molecule has 0 bridgehead atoms. The number of hydrogen-bond acceptors (Lipinski definition) is 3. The quantitative estimate of drug-likeness (QED) is 0.333. The van der Waals surface area contributed by atoms with Crippen molar-refractivity contribution in [2.45, 2.75) is 52.5 Å². The average molecular weight is 503 g/mol. The van der Waals surface area contributed by atoms with E-state index in [2.05, 4.69) is 56.4 Å². The molecule has 0 aromatic heterocycles. The molecule has 2 amide bonds. The molecule has 0 spiro atoms. The van der Waals surface area contributed by atoms with Gasteiger partial charge in [-0.05, 0) is 36.5 Å².